The molecule has 3 atom stereocenters. The topological polar surface area (TPSA) is 68.1 Å². The Kier molecular flexibility index (Phi) is 4.24. The summed E-state index contributed by atoms with van der Waals surface area (Å²) in [6.07, 6.45) is 7.43. The van der Waals surface area contributed by atoms with Gasteiger partial charge < -0.3 is 14.7 Å². The number of oxime groups is 1. The Hall–Kier alpha value is -1.36. The van der Waals surface area contributed by atoms with Gasteiger partial charge in [0.15, 0.2) is 0 Å². The molecule has 1 aliphatic heterocycles. The van der Waals surface area contributed by atoms with E-state index in [1.165, 1.54) is 0 Å². The van der Waals surface area contributed by atoms with Gasteiger partial charge in [-0.1, -0.05) is 24.2 Å². The van der Waals surface area contributed by atoms with Crippen molar-refractivity contribution in [2.45, 2.75) is 45.3 Å². The van der Waals surface area contributed by atoms with E-state index in [1.54, 1.807) is 6.92 Å². The molecule has 2 aliphatic rings. The van der Waals surface area contributed by atoms with Gasteiger partial charge in [0.05, 0.1) is 18.7 Å². The lowest BCUT2D eigenvalue weighted by Crippen LogP contribution is -2.40. The third-order valence-electron chi connectivity index (χ3n) is 3.60. The fourth-order valence-electron chi connectivity index (χ4n) is 2.59. The second kappa shape index (κ2) is 5.74. The standard InChI is InChI=1S/C14H21NO4/c1-3-18-13(16)14(17)9-12(15-19-14)11-7-5-4-6-10(2)8-11/h4,6,10-11,17H,3,5,7-9H2,1-2H3. The molecule has 0 fully saturated rings. The van der Waals surface area contributed by atoms with Gasteiger partial charge in [0.2, 0.25) is 0 Å². The highest BCUT2D eigenvalue weighted by molar-refractivity contribution is 5.94. The molecule has 0 saturated heterocycles. The van der Waals surface area contributed by atoms with Gasteiger partial charge >= 0.3 is 11.8 Å². The lowest BCUT2D eigenvalue weighted by atomic mass is 9.88. The van der Waals surface area contributed by atoms with E-state index in [0.717, 1.165) is 25.0 Å². The zero-order chi connectivity index (χ0) is 13.9. The van der Waals surface area contributed by atoms with E-state index in [2.05, 4.69) is 24.2 Å². The molecule has 5 heteroatoms. The average Bonchev–Trinajstić information content (AvgIpc) is 2.64. The van der Waals surface area contributed by atoms with Crippen LogP contribution in [0.2, 0.25) is 0 Å². The largest absolute Gasteiger partial charge is 0.461 e. The number of ether oxygens (including phenoxy) is 1. The number of carbonyl (C=O) groups excluding carboxylic acids is 1. The van der Waals surface area contributed by atoms with Gasteiger partial charge in [0.1, 0.15) is 0 Å². The summed E-state index contributed by atoms with van der Waals surface area (Å²) >= 11 is 0. The van der Waals surface area contributed by atoms with Crippen LogP contribution in [0.1, 0.15) is 39.5 Å². The summed E-state index contributed by atoms with van der Waals surface area (Å²) in [5.74, 6) is -1.94. The van der Waals surface area contributed by atoms with Crippen LogP contribution in [0.4, 0.5) is 0 Å². The van der Waals surface area contributed by atoms with Crippen molar-refractivity contribution < 1.29 is 19.5 Å². The average molecular weight is 267 g/mol. The van der Waals surface area contributed by atoms with Crippen molar-refractivity contribution in [3.8, 4) is 0 Å². The number of hydrogen-bond donors (Lipinski definition) is 1. The first kappa shape index (κ1) is 14.1. The van der Waals surface area contributed by atoms with Gasteiger partial charge in [-0.2, -0.15) is 0 Å². The van der Waals surface area contributed by atoms with Crippen molar-refractivity contribution in [2.75, 3.05) is 6.61 Å². The highest BCUT2D eigenvalue weighted by Gasteiger charge is 2.47. The van der Waals surface area contributed by atoms with Crippen molar-refractivity contribution >= 4 is 11.7 Å². The van der Waals surface area contributed by atoms with Crippen LogP contribution in [0.3, 0.4) is 0 Å². The zero-order valence-corrected chi connectivity index (χ0v) is 11.5. The fourth-order valence-corrected chi connectivity index (χ4v) is 2.59. The monoisotopic (exact) mass is 267 g/mol. The normalized spacial score (nSPS) is 34.4. The summed E-state index contributed by atoms with van der Waals surface area (Å²) < 4.78 is 4.81. The van der Waals surface area contributed by atoms with E-state index in [4.69, 9.17) is 9.57 Å². The van der Waals surface area contributed by atoms with E-state index in [1.807, 2.05) is 0 Å². The molecule has 2 rings (SSSR count). The summed E-state index contributed by atoms with van der Waals surface area (Å²) in [5.41, 5.74) is 0.770. The molecule has 0 aromatic carbocycles. The minimum absolute atomic E-state index is 0.114. The number of nitrogens with zero attached hydrogens (tertiary/aromatic N) is 1. The Bertz CT molecular complexity index is 404. The first-order valence-electron chi connectivity index (χ1n) is 6.86. The molecule has 1 aliphatic carbocycles. The van der Waals surface area contributed by atoms with Gasteiger partial charge in [-0.25, -0.2) is 4.79 Å². The molecule has 0 bridgehead atoms. The van der Waals surface area contributed by atoms with Crippen LogP contribution in [-0.2, 0) is 14.4 Å². The van der Waals surface area contributed by atoms with Gasteiger partial charge in [-0.3, -0.25) is 0 Å². The number of carbonyl (C=O) groups is 1. The second-order valence-electron chi connectivity index (χ2n) is 5.27. The molecule has 0 amide bonds. The van der Waals surface area contributed by atoms with Gasteiger partial charge in [0, 0.05) is 5.92 Å². The Balaban J connectivity index is 1.99. The molecule has 19 heavy (non-hydrogen) atoms. The predicted octanol–water partition coefficient (Wildman–Crippen LogP) is 2.01. The fraction of sp³-hybridized carbons (Fsp3) is 0.714. The minimum atomic E-state index is -1.92. The lowest BCUT2D eigenvalue weighted by molar-refractivity contribution is -0.218. The molecule has 3 unspecified atom stereocenters. The number of allylic oxidation sites excluding steroid dienone is 2. The highest BCUT2D eigenvalue weighted by Crippen LogP contribution is 2.32. The van der Waals surface area contributed by atoms with Crippen LogP contribution < -0.4 is 0 Å². The van der Waals surface area contributed by atoms with Gasteiger partial charge in [-0.05, 0) is 32.1 Å². The number of aliphatic hydroxyl groups is 1. The summed E-state index contributed by atoms with van der Waals surface area (Å²) in [6, 6.07) is 0. The van der Waals surface area contributed by atoms with Crippen molar-refractivity contribution in [1.29, 1.82) is 0 Å². The molecule has 0 aromatic heterocycles. The first-order valence-corrected chi connectivity index (χ1v) is 6.86. The molecule has 106 valence electrons. The van der Waals surface area contributed by atoms with Crippen LogP contribution in [0.25, 0.3) is 0 Å². The predicted molar refractivity (Wildman–Crippen MR) is 70.4 cm³/mol. The Labute approximate surface area is 113 Å². The van der Waals surface area contributed by atoms with Crippen LogP contribution in [-0.4, -0.2) is 29.2 Å². The maximum Gasteiger partial charge on any atom is 0.382 e. The first-order chi connectivity index (χ1) is 9.05. The summed E-state index contributed by atoms with van der Waals surface area (Å²) in [5, 5.41) is 14.0. The quantitative estimate of drug-likeness (QED) is 0.627. The van der Waals surface area contributed by atoms with E-state index < -0.39 is 11.8 Å². The Morgan fingerprint density at radius 2 is 2.47 bits per heavy atom. The number of esters is 1. The summed E-state index contributed by atoms with van der Waals surface area (Å²) in [7, 11) is 0. The van der Waals surface area contributed by atoms with Crippen LogP contribution in [0.5, 0.6) is 0 Å². The Morgan fingerprint density at radius 1 is 1.68 bits per heavy atom. The van der Waals surface area contributed by atoms with Crippen molar-refractivity contribution in [3.63, 3.8) is 0 Å². The molecule has 0 saturated carbocycles. The molecule has 0 spiro atoms. The summed E-state index contributed by atoms with van der Waals surface area (Å²) in [4.78, 5) is 16.6. The Morgan fingerprint density at radius 3 is 3.21 bits per heavy atom. The minimum Gasteiger partial charge on any atom is -0.461 e. The number of hydrogen-bond acceptors (Lipinski definition) is 5. The zero-order valence-electron chi connectivity index (χ0n) is 11.5. The third-order valence-corrected chi connectivity index (χ3v) is 3.60. The second-order valence-corrected chi connectivity index (χ2v) is 5.27. The van der Waals surface area contributed by atoms with E-state index in [-0.39, 0.29) is 18.9 Å². The van der Waals surface area contributed by atoms with Crippen molar-refractivity contribution in [1.82, 2.24) is 0 Å². The van der Waals surface area contributed by atoms with Gasteiger partial charge in [0.25, 0.3) is 0 Å². The third kappa shape index (κ3) is 3.15. The molecule has 0 aromatic rings. The number of rotatable bonds is 3. The highest BCUT2D eigenvalue weighted by atomic mass is 16.8. The van der Waals surface area contributed by atoms with E-state index in [0.29, 0.717) is 5.92 Å². The maximum absolute atomic E-state index is 11.6. The maximum atomic E-state index is 11.6. The van der Waals surface area contributed by atoms with Crippen molar-refractivity contribution in [2.24, 2.45) is 17.0 Å². The van der Waals surface area contributed by atoms with E-state index >= 15 is 0 Å². The van der Waals surface area contributed by atoms with Crippen LogP contribution in [0, 0.1) is 11.8 Å². The van der Waals surface area contributed by atoms with Gasteiger partial charge in [-0.15, -0.1) is 0 Å². The lowest BCUT2D eigenvalue weighted by Gasteiger charge is -2.19. The molecule has 1 heterocycles. The SMILES string of the molecule is CCOC(=O)C1(O)CC(C2CCC=CC(C)C2)=NO1. The molecule has 1 N–H and O–H groups in total. The smallest absolute Gasteiger partial charge is 0.382 e. The molecule has 5 nitrogen and oxygen atoms in total. The van der Waals surface area contributed by atoms with Crippen molar-refractivity contribution in [3.05, 3.63) is 12.2 Å². The summed E-state index contributed by atoms with van der Waals surface area (Å²) in [6.45, 7) is 4.06. The molecular weight excluding hydrogens is 246 g/mol. The molecular formula is C14H21NO4. The van der Waals surface area contributed by atoms with E-state index in [9.17, 15) is 9.90 Å². The van der Waals surface area contributed by atoms with Crippen LogP contribution in [0.15, 0.2) is 17.3 Å². The van der Waals surface area contributed by atoms with Crippen LogP contribution >= 0.6 is 0 Å². The molecule has 0 radical (unpaired) electrons.